The lowest BCUT2D eigenvalue weighted by molar-refractivity contribution is 0.660. The van der Waals surface area contributed by atoms with Crippen molar-refractivity contribution >= 4 is 66.8 Å². The van der Waals surface area contributed by atoms with Gasteiger partial charge in [0.25, 0.3) is 0 Å². The molecule has 304 valence electrons. The summed E-state index contributed by atoms with van der Waals surface area (Å²) in [7, 11) is 0. The minimum Gasteiger partial charge on any atom is -0.454 e. The fourth-order valence-corrected chi connectivity index (χ4v) is 9.96. The molecule has 1 heterocycles. The maximum absolute atomic E-state index is 6.53. The summed E-state index contributed by atoms with van der Waals surface area (Å²) in [4.78, 5) is 4.67. The maximum Gasteiger partial charge on any atom is 0.159 e. The topological polar surface area (TPSA) is 19.6 Å². The Morgan fingerprint density at radius 2 is 0.844 bits per heavy atom. The Labute approximate surface area is 373 Å². The first-order valence-electron chi connectivity index (χ1n) is 22.1. The molecule has 64 heavy (non-hydrogen) atoms. The molecular formula is C61H44N2O. The number of anilines is 6. The molecule has 0 unspecified atom stereocenters. The zero-order valence-electron chi connectivity index (χ0n) is 35.7. The summed E-state index contributed by atoms with van der Waals surface area (Å²) >= 11 is 0. The van der Waals surface area contributed by atoms with E-state index in [9.17, 15) is 0 Å². The van der Waals surface area contributed by atoms with Crippen molar-refractivity contribution < 1.29 is 4.42 Å². The fraction of sp³-hybridized carbons (Fsp3) is 0.0492. The molecular weight excluding hydrogens is 777 g/mol. The lowest BCUT2D eigenvalue weighted by atomic mass is 9.81. The molecule has 1 aliphatic rings. The fourth-order valence-electron chi connectivity index (χ4n) is 9.96. The predicted octanol–water partition coefficient (Wildman–Crippen LogP) is 17.3. The Balaban J connectivity index is 0.870. The number of rotatable bonds is 8. The van der Waals surface area contributed by atoms with Crippen LogP contribution in [0.25, 0.3) is 66.1 Å². The average molecular weight is 821 g/mol. The second-order valence-corrected chi connectivity index (χ2v) is 17.4. The second-order valence-electron chi connectivity index (χ2n) is 17.4. The molecule has 0 bridgehead atoms. The van der Waals surface area contributed by atoms with Gasteiger partial charge in [0.15, 0.2) is 5.58 Å². The summed E-state index contributed by atoms with van der Waals surface area (Å²) in [6.45, 7) is 4.74. The van der Waals surface area contributed by atoms with E-state index in [0.717, 1.165) is 67.2 Å². The lowest BCUT2D eigenvalue weighted by Crippen LogP contribution is -2.16. The number of para-hydroxylation sites is 4. The van der Waals surface area contributed by atoms with Gasteiger partial charge in [-0.2, -0.15) is 0 Å². The third-order valence-electron chi connectivity index (χ3n) is 13.2. The Hall–Kier alpha value is -8.14. The van der Waals surface area contributed by atoms with Crippen LogP contribution in [0.5, 0.6) is 0 Å². The van der Waals surface area contributed by atoms with E-state index < -0.39 is 0 Å². The Bertz CT molecular complexity index is 3510. The van der Waals surface area contributed by atoms with Crippen LogP contribution >= 0.6 is 0 Å². The number of hydrogen-bond acceptors (Lipinski definition) is 3. The van der Waals surface area contributed by atoms with Crippen LogP contribution in [-0.2, 0) is 5.41 Å². The number of benzene rings is 10. The summed E-state index contributed by atoms with van der Waals surface area (Å²) in [6.07, 6.45) is 0. The minimum absolute atomic E-state index is 0.180. The van der Waals surface area contributed by atoms with Crippen LogP contribution < -0.4 is 9.80 Å². The molecule has 0 radical (unpaired) electrons. The van der Waals surface area contributed by atoms with Gasteiger partial charge in [0.2, 0.25) is 0 Å². The largest absolute Gasteiger partial charge is 0.454 e. The van der Waals surface area contributed by atoms with Crippen LogP contribution in [-0.4, -0.2) is 0 Å². The Morgan fingerprint density at radius 3 is 1.56 bits per heavy atom. The highest BCUT2D eigenvalue weighted by molar-refractivity contribution is 6.10. The first-order chi connectivity index (χ1) is 31.5. The maximum atomic E-state index is 6.53. The van der Waals surface area contributed by atoms with Crippen molar-refractivity contribution in [3.05, 3.63) is 242 Å². The van der Waals surface area contributed by atoms with Gasteiger partial charge in [-0.3, -0.25) is 0 Å². The summed E-state index contributed by atoms with van der Waals surface area (Å²) in [6, 6.07) is 83.2. The highest BCUT2D eigenvalue weighted by Crippen LogP contribution is 2.52. The van der Waals surface area contributed by atoms with E-state index in [2.05, 4.69) is 242 Å². The number of furan rings is 1. The zero-order chi connectivity index (χ0) is 42.8. The van der Waals surface area contributed by atoms with Gasteiger partial charge in [-0.1, -0.05) is 159 Å². The number of hydrogen-bond donors (Lipinski definition) is 0. The summed E-state index contributed by atoms with van der Waals surface area (Å²) in [5, 5.41) is 4.75. The molecule has 1 aliphatic carbocycles. The first kappa shape index (κ1) is 37.6. The molecule has 3 nitrogen and oxygen atoms in total. The molecule has 0 N–H and O–H groups in total. The van der Waals surface area contributed by atoms with Crippen LogP contribution in [0.2, 0.25) is 0 Å². The van der Waals surface area contributed by atoms with E-state index in [1.54, 1.807) is 0 Å². The highest BCUT2D eigenvalue weighted by Gasteiger charge is 2.36. The quantitative estimate of drug-likeness (QED) is 0.152. The van der Waals surface area contributed by atoms with Crippen molar-refractivity contribution in [3.8, 4) is 33.4 Å². The predicted molar refractivity (Wildman–Crippen MR) is 269 cm³/mol. The number of nitrogens with zero attached hydrogens (tertiary/aromatic N) is 2. The zero-order valence-corrected chi connectivity index (χ0v) is 35.7. The summed E-state index contributed by atoms with van der Waals surface area (Å²) < 4.78 is 6.53. The van der Waals surface area contributed by atoms with Gasteiger partial charge in [-0.25, -0.2) is 0 Å². The molecule has 0 fully saturated rings. The average Bonchev–Trinajstić information content (AvgIpc) is 3.84. The van der Waals surface area contributed by atoms with E-state index in [4.69, 9.17) is 4.42 Å². The SMILES string of the molecule is CC1(C)c2cc(-c3ccc4ccccc4c3)ccc2-c2ccc(N(c3ccccc3)c3ccc(-c4ccc(N(c5ccccc5)c5cccc6c5oc5ccccc56)cc4)cc3)cc21. The van der Waals surface area contributed by atoms with Gasteiger partial charge < -0.3 is 14.2 Å². The molecule has 12 rings (SSSR count). The van der Waals surface area contributed by atoms with E-state index in [0.29, 0.717) is 0 Å². The first-order valence-corrected chi connectivity index (χ1v) is 22.1. The monoisotopic (exact) mass is 820 g/mol. The normalized spacial score (nSPS) is 12.7. The molecule has 1 aromatic heterocycles. The van der Waals surface area contributed by atoms with E-state index in [-0.39, 0.29) is 5.41 Å². The van der Waals surface area contributed by atoms with Gasteiger partial charge >= 0.3 is 0 Å². The van der Waals surface area contributed by atoms with Gasteiger partial charge in [0.05, 0.1) is 5.69 Å². The Morgan fingerprint density at radius 1 is 0.344 bits per heavy atom. The van der Waals surface area contributed by atoms with Gasteiger partial charge in [0.1, 0.15) is 5.58 Å². The van der Waals surface area contributed by atoms with Gasteiger partial charge in [-0.05, 0) is 140 Å². The molecule has 0 amide bonds. The Kier molecular flexibility index (Phi) is 8.84. The third-order valence-corrected chi connectivity index (χ3v) is 13.2. The third kappa shape index (κ3) is 6.28. The van der Waals surface area contributed by atoms with Gasteiger partial charge in [0, 0.05) is 44.6 Å². The molecule has 0 aliphatic heterocycles. The number of fused-ring (bicyclic) bond motifs is 7. The van der Waals surface area contributed by atoms with Crippen LogP contribution in [0.3, 0.4) is 0 Å². The van der Waals surface area contributed by atoms with Crippen molar-refractivity contribution in [2.24, 2.45) is 0 Å². The molecule has 0 spiro atoms. The lowest BCUT2D eigenvalue weighted by Gasteiger charge is -2.28. The molecule has 0 atom stereocenters. The van der Waals surface area contributed by atoms with Crippen molar-refractivity contribution in [2.45, 2.75) is 19.3 Å². The molecule has 10 aromatic carbocycles. The highest BCUT2D eigenvalue weighted by atomic mass is 16.3. The van der Waals surface area contributed by atoms with Gasteiger partial charge in [-0.15, -0.1) is 0 Å². The molecule has 11 aromatic rings. The van der Waals surface area contributed by atoms with Crippen LogP contribution in [0.4, 0.5) is 34.1 Å². The van der Waals surface area contributed by atoms with Crippen LogP contribution in [0, 0.1) is 0 Å². The summed E-state index contributed by atoms with van der Waals surface area (Å²) in [5.74, 6) is 0. The summed E-state index contributed by atoms with van der Waals surface area (Å²) in [5.41, 5.74) is 18.2. The van der Waals surface area contributed by atoms with E-state index in [1.165, 1.54) is 44.2 Å². The van der Waals surface area contributed by atoms with Crippen LogP contribution in [0.15, 0.2) is 235 Å². The molecule has 3 heteroatoms. The smallest absolute Gasteiger partial charge is 0.159 e. The van der Waals surface area contributed by atoms with E-state index in [1.807, 2.05) is 12.1 Å². The second kappa shape index (κ2) is 15.0. The van der Waals surface area contributed by atoms with E-state index >= 15 is 0 Å². The van der Waals surface area contributed by atoms with Crippen molar-refractivity contribution in [1.82, 2.24) is 0 Å². The van der Waals surface area contributed by atoms with Crippen molar-refractivity contribution in [3.63, 3.8) is 0 Å². The molecule has 0 saturated heterocycles. The molecule has 0 saturated carbocycles. The van der Waals surface area contributed by atoms with Crippen LogP contribution in [0.1, 0.15) is 25.0 Å². The standard InChI is InChI=1S/C61H44N2O/c1-61(2)56-39-46(45-25-24-41-14-9-10-15-44(41)38-45)30-36-52(56)53-37-35-51(40-57(53)61)62(47-16-5-3-6-17-47)49-31-26-42(27-32-49)43-28-33-50(34-29-43)63(48-18-7-4-8-19-48)58-22-13-21-55-54-20-11-12-23-59(54)64-60(55)58/h3-40H,1-2H3. The van der Waals surface area contributed by atoms with Crippen molar-refractivity contribution in [2.75, 3.05) is 9.80 Å². The van der Waals surface area contributed by atoms with Crippen molar-refractivity contribution in [1.29, 1.82) is 0 Å². The minimum atomic E-state index is -0.180.